The summed E-state index contributed by atoms with van der Waals surface area (Å²) in [5.74, 6) is 0.369. The fourth-order valence-corrected chi connectivity index (χ4v) is 2.58. The summed E-state index contributed by atoms with van der Waals surface area (Å²) < 4.78 is 15.6. The second kappa shape index (κ2) is 7.21. The van der Waals surface area contributed by atoms with Crippen LogP contribution in [0.2, 0.25) is 0 Å². The van der Waals surface area contributed by atoms with Crippen LogP contribution in [0.15, 0.2) is 57.7 Å². The van der Waals surface area contributed by atoms with E-state index < -0.39 is 5.63 Å². The standard InChI is InChI=1S/C20H18O5/c1-13-3-8-17-15(11-20(22)25-18(17)9-13)12-24-19(21)10-14-4-6-16(23-2)7-5-14/h3-9,11H,10,12H2,1-2H3. The van der Waals surface area contributed by atoms with Gasteiger partial charge in [-0.1, -0.05) is 24.3 Å². The van der Waals surface area contributed by atoms with Crippen LogP contribution >= 0.6 is 0 Å². The summed E-state index contributed by atoms with van der Waals surface area (Å²) in [4.78, 5) is 23.8. The van der Waals surface area contributed by atoms with Gasteiger partial charge in [-0.2, -0.15) is 0 Å². The highest BCUT2D eigenvalue weighted by molar-refractivity contribution is 5.81. The van der Waals surface area contributed by atoms with Gasteiger partial charge in [0.1, 0.15) is 17.9 Å². The third kappa shape index (κ3) is 4.07. The van der Waals surface area contributed by atoms with Gasteiger partial charge in [-0.3, -0.25) is 4.79 Å². The number of esters is 1. The molecular weight excluding hydrogens is 320 g/mol. The number of carbonyl (C=O) groups excluding carboxylic acids is 1. The molecule has 0 saturated carbocycles. The van der Waals surface area contributed by atoms with Gasteiger partial charge in [-0.25, -0.2) is 4.79 Å². The van der Waals surface area contributed by atoms with E-state index >= 15 is 0 Å². The largest absolute Gasteiger partial charge is 0.497 e. The Hall–Kier alpha value is -3.08. The molecule has 0 N–H and O–H groups in total. The van der Waals surface area contributed by atoms with Gasteiger partial charge in [0.05, 0.1) is 13.5 Å². The summed E-state index contributed by atoms with van der Waals surface area (Å²) in [6.45, 7) is 1.95. The molecule has 0 aliphatic rings. The van der Waals surface area contributed by atoms with Crippen LogP contribution in [0.3, 0.4) is 0 Å². The van der Waals surface area contributed by atoms with Crippen molar-refractivity contribution in [3.63, 3.8) is 0 Å². The highest BCUT2D eigenvalue weighted by atomic mass is 16.5. The van der Waals surface area contributed by atoms with Gasteiger partial charge < -0.3 is 13.9 Å². The van der Waals surface area contributed by atoms with Crippen molar-refractivity contribution in [3.8, 4) is 5.75 Å². The lowest BCUT2D eigenvalue weighted by Gasteiger charge is -2.08. The molecule has 0 spiro atoms. The zero-order valence-corrected chi connectivity index (χ0v) is 14.1. The molecule has 2 aromatic carbocycles. The first-order chi connectivity index (χ1) is 12.0. The Morgan fingerprint density at radius 3 is 2.56 bits per heavy atom. The molecule has 5 heteroatoms. The van der Waals surface area contributed by atoms with Gasteiger partial charge in [-0.05, 0) is 36.2 Å². The first kappa shape index (κ1) is 16.8. The van der Waals surface area contributed by atoms with E-state index in [0.29, 0.717) is 11.1 Å². The van der Waals surface area contributed by atoms with E-state index in [9.17, 15) is 9.59 Å². The summed E-state index contributed by atoms with van der Waals surface area (Å²) in [5.41, 5.74) is 2.49. The minimum atomic E-state index is -0.459. The van der Waals surface area contributed by atoms with Gasteiger partial charge in [0.2, 0.25) is 0 Å². The van der Waals surface area contributed by atoms with Crippen molar-refractivity contribution in [1.82, 2.24) is 0 Å². The van der Waals surface area contributed by atoms with Gasteiger partial charge >= 0.3 is 11.6 Å². The Labute approximate surface area is 144 Å². The Morgan fingerprint density at radius 1 is 1.08 bits per heavy atom. The number of ether oxygens (including phenoxy) is 2. The van der Waals surface area contributed by atoms with Crippen molar-refractivity contribution in [2.75, 3.05) is 7.11 Å². The van der Waals surface area contributed by atoms with Crippen LogP contribution in [-0.2, 0) is 22.6 Å². The summed E-state index contributed by atoms with van der Waals surface area (Å²) in [5, 5.41) is 0.766. The maximum absolute atomic E-state index is 12.1. The monoisotopic (exact) mass is 338 g/mol. The average Bonchev–Trinajstić information content (AvgIpc) is 2.59. The quantitative estimate of drug-likeness (QED) is 0.527. The molecule has 0 aliphatic carbocycles. The number of fused-ring (bicyclic) bond motifs is 1. The first-order valence-corrected chi connectivity index (χ1v) is 7.87. The van der Waals surface area contributed by atoms with Crippen molar-refractivity contribution in [3.05, 3.63) is 75.6 Å². The van der Waals surface area contributed by atoms with Crippen LogP contribution in [0.1, 0.15) is 16.7 Å². The highest BCUT2D eigenvalue weighted by Crippen LogP contribution is 2.19. The maximum atomic E-state index is 12.1. The summed E-state index contributed by atoms with van der Waals surface area (Å²) in [7, 11) is 1.59. The Bertz CT molecular complexity index is 954. The molecule has 5 nitrogen and oxygen atoms in total. The van der Waals surface area contributed by atoms with Crippen molar-refractivity contribution in [2.24, 2.45) is 0 Å². The lowest BCUT2D eigenvalue weighted by atomic mass is 10.1. The van der Waals surface area contributed by atoms with Crippen LogP contribution in [0, 0.1) is 6.92 Å². The zero-order chi connectivity index (χ0) is 17.8. The third-order valence-corrected chi connectivity index (χ3v) is 3.88. The van der Waals surface area contributed by atoms with E-state index in [-0.39, 0.29) is 19.0 Å². The number of hydrogen-bond acceptors (Lipinski definition) is 5. The SMILES string of the molecule is COc1ccc(CC(=O)OCc2cc(=O)oc3cc(C)ccc23)cc1. The number of methoxy groups -OCH3 is 1. The van der Waals surface area contributed by atoms with E-state index in [1.165, 1.54) is 6.07 Å². The van der Waals surface area contributed by atoms with Crippen molar-refractivity contribution in [2.45, 2.75) is 20.0 Å². The first-order valence-electron chi connectivity index (χ1n) is 7.87. The van der Waals surface area contributed by atoms with Gasteiger partial charge in [-0.15, -0.1) is 0 Å². The fourth-order valence-electron chi connectivity index (χ4n) is 2.58. The van der Waals surface area contributed by atoms with E-state index in [4.69, 9.17) is 13.9 Å². The summed E-state index contributed by atoms with van der Waals surface area (Å²) in [6, 6.07) is 14.1. The molecular formula is C20H18O5. The number of carbonyl (C=O) groups is 1. The molecule has 0 atom stereocenters. The van der Waals surface area contributed by atoms with Crippen molar-refractivity contribution < 1.29 is 18.7 Å². The predicted octanol–water partition coefficient (Wildman–Crippen LogP) is 3.40. The molecule has 0 radical (unpaired) electrons. The van der Waals surface area contributed by atoms with Gasteiger partial charge in [0.25, 0.3) is 0 Å². The predicted molar refractivity (Wildman–Crippen MR) is 93.7 cm³/mol. The number of aryl methyl sites for hydroxylation is 1. The normalized spacial score (nSPS) is 10.6. The van der Waals surface area contributed by atoms with E-state index in [0.717, 1.165) is 22.3 Å². The molecule has 25 heavy (non-hydrogen) atoms. The van der Waals surface area contributed by atoms with Gasteiger partial charge in [0.15, 0.2) is 0 Å². The maximum Gasteiger partial charge on any atom is 0.336 e. The van der Waals surface area contributed by atoms with Crippen molar-refractivity contribution in [1.29, 1.82) is 0 Å². The Morgan fingerprint density at radius 2 is 1.84 bits per heavy atom. The molecule has 0 fully saturated rings. The average molecular weight is 338 g/mol. The van der Waals surface area contributed by atoms with Crippen LogP contribution in [-0.4, -0.2) is 13.1 Å². The van der Waals surface area contributed by atoms with Crippen LogP contribution in [0.5, 0.6) is 5.75 Å². The minimum Gasteiger partial charge on any atom is -0.497 e. The molecule has 1 aromatic heterocycles. The Kier molecular flexibility index (Phi) is 4.84. The lowest BCUT2D eigenvalue weighted by molar-refractivity contribution is -0.144. The fraction of sp³-hybridized carbons (Fsp3) is 0.200. The molecule has 0 aliphatic heterocycles. The third-order valence-electron chi connectivity index (χ3n) is 3.88. The summed E-state index contributed by atoms with van der Waals surface area (Å²) in [6.07, 6.45) is 0.155. The van der Waals surface area contributed by atoms with Crippen LogP contribution in [0.4, 0.5) is 0 Å². The van der Waals surface area contributed by atoms with E-state index in [1.54, 1.807) is 25.3 Å². The number of rotatable bonds is 5. The summed E-state index contributed by atoms with van der Waals surface area (Å²) >= 11 is 0. The molecule has 3 aromatic rings. The molecule has 0 unspecified atom stereocenters. The molecule has 128 valence electrons. The molecule has 1 heterocycles. The Balaban J connectivity index is 1.71. The minimum absolute atomic E-state index is 0.0279. The number of benzene rings is 2. The molecule has 0 bridgehead atoms. The molecule has 0 amide bonds. The zero-order valence-electron chi connectivity index (χ0n) is 14.1. The van der Waals surface area contributed by atoms with E-state index in [2.05, 4.69) is 0 Å². The smallest absolute Gasteiger partial charge is 0.336 e. The molecule has 0 saturated heterocycles. The van der Waals surface area contributed by atoms with Gasteiger partial charge in [0, 0.05) is 17.0 Å². The molecule has 3 rings (SSSR count). The van der Waals surface area contributed by atoms with E-state index in [1.807, 2.05) is 31.2 Å². The second-order valence-electron chi connectivity index (χ2n) is 5.78. The van der Waals surface area contributed by atoms with Crippen LogP contribution in [0.25, 0.3) is 11.0 Å². The highest BCUT2D eigenvalue weighted by Gasteiger charge is 2.10. The van der Waals surface area contributed by atoms with Crippen molar-refractivity contribution >= 4 is 16.9 Å². The topological polar surface area (TPSA) is 65.7 Å². The second-order valence-corrected chi connectivity index (χ2v) is 5.78. The lowest BCUT2D eigenvalue weighted by Crippen LogP contribution is -2.10. The van der Waals surface area contributed by atoms with Crippen LogP contribution < -0.4 is 10.4 Å². The number of hydrogen-bond donors (Lipinski definition) is 0.